The largest absolute Gasteiger partial charge is 0.444 e. The number of urea groups is 1. The van der Waals surface area contributed by atoms with Gasteiger partial charge in [0.1, 0.15) is 11.6 Å². The molecule has 2 fully saturated rings. The van der Waals surface area contributed by atoms with Crippen molar-refractivity contribution in [2.24, 2.45) is 5.41 Å². The number of carbonyl (C=O) groups excluding carboxylic acids is 4. The number of hydrogen-bond acceptors (Lipinski definition) is 5. The second-order valence-corrected chi connectivity index (χ2v) is 15.0. The van der Waals surface area contributed by atoms with Gasteiger partial charge in [0, 0.05) is 39.1 Å². The summed E-state index contributed by atoms with van der Waals surface area (Å²) in [6.45, 7) is 13.1. The van der Waals surface area contributed by atoms with Crippen LogP contribution >= 0.6 is 0 Å². The summed E-state index contributed by atoms with van der Waals surface area (Å²) in [6, 6.07) is 22.3. The van der Waals surface area contributed by atoms with Gasteiger partial charge in [-0.1, -0.05) is 72.8 Å². The van der Waals surface area contributed by atoms with Gasteiger partial charge >= 0.3 is 12.1 Å². The first-order valence-corrected chi connectivity index (χ1v) is 17.9. The number of ether oxygens (including phenoxy) is 1. The number of nitrogens with one attached hydrogen (secondary N) is 2. The van der Waals surface area contributed by atoms with E-state index in [1.807, 2.05) is 108 Å². The minimum absolute atomic E-state index is 0.0534. The number of benzene rings is 3. The van der Waals surface area contributed by atoms with Crippen molar-refractivity contribution >= 4 is 34.7 Å². The van der Waals surface area contributed by atoms with Gasteiger partial charge in [-0.2, -0.15) is 0 Å². The molecule has 10 nitrogen and oxygen atoms in total. The third kappa shape index (κ3) is 8.76. The minimum Gasteiger partial charge on any atom is -0.444 e. The topological polar surface area (TPSA) is 111 Å². The second-order valence-electron chi connectivity index (χ2n) is 15.0. The van der Waals surface area contributed by atoms with E-state index in [9.17, 15) is 19.2 Å². The maximum absolute atomic E-state index is 14.6. The summed E-state index contributed by atoms with van der Waals surface area (Å²) >= 11 is 0. The number of nitrogens with zero attached hydrogens (tertiary/aromatic N) is 3. The third-order valence-electron chi connectivity index (χ3n) is 9.75. The van der Waals surface area contributed by atoms with Crippen LogP contribution in [-0.4, -0.2) is 95.1 Å². The Morgan fingerprint density at radius 1 is 0.880 bits per heavy atom. The molecule has 0 radical (unpaired) electrons. The lowest BCUT2D eigenvalue weighted by molar-refractivity contribution is -0.142. The van der Waals surface area contributed by atoms with E-state index in [4.69, 9.17) is 4.74 Å². The van der Waals surface area contributed by atoms with Crippen molar-refractivity contribution in [3.63, 3.8) is 0 Å². The van der Waals surface area contributed by atoms with E-state index in [0.717, 1.165) is 21.9 Å². The molecular formula is C40H53N5O5. The first-order chi connectivity index (χ1) is 23.8. The predicted molar refractivity (Wildman–Crippen MR) is 196 cm³/mol. The number of amides is 5. The molecule has 2 aliphatic rings. The number of carbonyl (C=O) groups is 4. The number of likely N-dealkylation sites (tertiary alicyclic amines) is 1. The van der Waals surface area contributed by atoms with Gasteiger partial charge < -0.3 is 25.2 Å². The van der Waals surface area contributed by atoms with Crippen LogP contribution in [0, 0.1) is 5.41 Å². The number of fused-ring (bicyclic) bond motifs is 1. The standard InChI is InChI=1S/C40H53N5O5/c1-7-41-36(47)40(24-30-14-9-8-10-15-30)20-13-21-43(27-40)35(46)34(23-31-18-19-32-16-11-12-17-33(32)22-31)42-37(48)44-25-28(2)45(29(3)26-44)38(49)50-39(4,5)6/h8-12,14-19,22,28-29,34H,7,13,20-21,23-27H2,1-6H3,(H,41,47)(H,42,48)/t28?,29?,34-,40+/m1/s1. The molecule has 268 valence electrons. The van der Waals surface area contributed by atoms with Crippen LogP contribution in [-0.2, 0) is 27.2 Å². The fraction of sp³-hybridized carbons (Fsp3) is 0.500. The van der Waals surface area contributed by atoms with Gasteiger partial charge in [-0.05, 0) is 82.7 Å². The number of rotatable bonds is 8. The van der Waals surface area contributed by atoms with Crippen molar-refractivity contribution in [2.45, 2.75) is 91.0 Å². The summed E-state index contributed by atoms with van der Waals surface area (Å²) in [6.07, 6.45) is 1.74. The smallest absolute Gasteiger partial charge is 0.410 e. The Morgan fingerprint density at radius 3 is 2.20 bits per heavy atom. The van der Waals surface area contributed by atoms with E-state index in [1.54, 1.807) is 14.7 Å². The normalized spacial score (nSPS) is 21.8. The Hall–Kier alpha value is -4.60. The zero-order valence-corrected chi connectivity index (χ0v) is 30.4. The van der Waals surface area contributed by atoms with Crippen LogP contribution < -0.4 is 10.6 Å². The highest BCUT2D eigenvalue weighted by Gasteiger charge is 2.45. The maximum atomic E-state index is 14.6. The average Bonchev–Trinajstić information content (AvgIpc) is 3.07. The fourth-order valence-electron chi connectivity index (χ4n) is 7.49. The van der Waals surface area contributed by atoms with Crippen LogP contribution in [0.5, 0.6) is 0 Å². The molecule has 5 rings (SSSR count). The van der Waals surface area contributed by atoms with E-state index >= 15 is 0 Å². The van der Waals surface area contributed by atoms with Crippen LogP contribution in [0.4, 0.5) is 9.59 Å². The maximum Gasteiger partial charge on any atom is 0.410 e. The van der Waals surface area contributed by atoms with Crippen molar-refractivity contribution in [1.29, 1.82) is 0 Å². The van der Waals surface area contributed by atoms with Crippen molar-refractivity contribution in [2.75, 3.05) is 32.7 Å². The van der Waals surface area contributed by atoms with Crippen LogP contribution in [0.15, 0.2) is 72.8 Å². The Balaban J connectivity index is 1.39. The van der Waals surface area contributed by atoms with Crippen LogP contribution in [0.3, 0.4) is 0 Å². The molecule has 0 saturated carbocycles. The van der Waals surface area contributed by atoms with Crippen molar-refractivity contribution < 1.29 is 23.9 Å². The molecule has 0 spiro atoms. The number of hydrogen-bond donors (Lipinski definition) is 2. The molecule has 5 amide bonds. The lowest BCUT2D eigenvalue weighted by Gasteiger charge is -2.45. The summed E-state index contributed by atoms with van der Waals surface area (Å²) in [5.41, 5.74) is 0.551. The van der Waals surface area contributed by atoms with Gasteiger partial charge in [-0.3, -0.25) is 14.5 Å². The molecule has 2 saturated heterocycles. The quantitative estimate of drug-likeness (QED) is 0.313. The highest BCUT2D eigenvalue weighted by atomic mass is 16.6. The predicted octanol–water partition coefficient (Wildman–Crippen LogP) is 5.78. The van der Waals surface area contributed by atoms with E-state index in [-0.39, 0.29) is 36.5 Å². The second kappa shape index (κ2) is 15.5. The van der Waals surface area contributed by atoms with Crippen LogP contribution in [0.2, 0.25) is 0 Å². The summed E-state index contributed by atoms with van der Waals surface area (Å²) < 4.78 is 5.65. The number of piperazine rings is 1. The summed E-state index contributed by atoms with van der Waals surface area (Å²) in [5, 5.41) is 8.28. The summed E-state index contributed by atoms with van der Waals surface area (Å²) in [5.74, 6) is -0.260. The Kier molecular flexibility index (Phi) is 11.4. The molecule has 3 aromatic carbocycles. The molecular weight excluding hydrogens is 630 g/mol. The SMILES string of the molecule is CCNC(=O)[C@]1(Cc2ccccc2)CCCN(C(=O)[C@@H](Cc2ccc3ccccc3c2)NC(=O)N2CC(C)N(C(=O)OC(C)(C)C)C(C)C2)C1. The first-order valence-electron chi connectivity index (χ1n) is 17.9. The Labute approximate surface area is 296 Å². The van der Waals surface area contributed by atoms with Gasteiger partial charge in [-0.25, -0.2) is 9.59 Å². The molecule has 2 unspecified atom stereocenters. The Bertz CT molecular complexity index is 1660. The van der Waals surface area contributed by atoms with Crippen molar-refractivity contribution in [3.8, 4) is 0 Å². The van der Waals surface area contributed by atoms with Crippen molar-refractivity contribution in [1.82, 2.24) is 25.3 Å². The van der Waals surface area contributed by atoms with E-state index in [1.165, 1.54) is 0 Å². The highest BCUT2D eigenvalue weighted by molar-refractivity contribution is 5.90. The molecule has 2 N–H and O–H groups in total. The van der Waals surface area contributed by atoms with Gasteiger partial charge in [0.25, 0.3) is 0 Å². The van der Waals surface area contributed by atoms with E-state index < -0.39 is 23.2 Å². The third-order valence-corrected chi connectivity index (χ3v) is 9.75. The molecule has 4 atom stereocenters. The van der Waals surface area contributed by atoms with Crippen LogP contribution in [0.25, 0.3) is 10.8 Å². The fourth-order valence-corrected chi connectivity index (χ4v) is 7.49. The molecule has 3 aromatic rings. The Morgan fingerprint density at radius 2 is 1.54 bits per heavy atom. The van der Waals surface area contributed by atoms with Gasteiger partial charge in [0.05, 0.1) is 17.5 Å². The molecule has 2 heterocycles. The van der Waals surface area contributed by atoms with Gasteiger partial charge in [0.2, 0.25) is 11.8 Å². The minimum atomic E-state index is -0.861. The van der Waals surface area contributed by atoms with E-state index in [2.05, 4.69) is 16.7 Å². The molecule has 50 heavy (non-hydrogen) atoms. The zero-order chi connectivity index (χ0) is 36.1. The van der Waals surface area contributed by atoms with Gasteiger partial charge in [0.15, 0.2) is 0 Å². The van der Waals surface area contributed by atoms with Crippen molar-refractivity contribution in [3.05, 3.63) is 83.9 Å². The van der Waals surface area contributed by atoms with Crippen LogP contribution in [0.1, 0.15) is 65.5 Å². The first kappa shape index (κ1) is 36.7. The molecule has 0 bridgehead atoms. The zero-order valence-electron chi connectivity index (χ0n) is 30.4. The molecule has 10 heteroatoms. The summed E-state index contributed by atoms with van der Waals surface area (Å²) in [7, 11) is 0. The number of piperidine rings is 1. The molecule has 0 aromatic heterocycles. The van der Waals surface area contributed by atoms with E-state index in [0.29, 0.717) is 51.9 Å². The highest BCUT2D eigenvalue weighted by Crippen LogP contribution is 2.35. The molecule has 2 aliphatic heterocycles. The molecule has 0 aliphatic carbocycles. The average molecular weight is 684 g/mol. The summed E-state index contributed by atoms with van der Waals surface area (Å²) in [4.78, 5) is 60.5. The van der Waals surface area contributed by atoms with Gasteiger partial charge in [-0.15, -0.1) is 0 Å². The monoisotopic (exact) mass is 683 g/mol. The lowest BCUT2D eigenvalue weighted by atomic mass is 9.74. The lowest BCUT2D eigenvalue weighted by Crippen LogP contribution is -2.63.